The quantitative estimate of drug-likeness (QED) is 0.777. The molecule has 0 spiro atoms. The van der Waals surface area contributed by atoms with Gasteiger partial charge in [-0.1, -0.05) is 44.2 Å². The molecule has 1 heterocycles. The summed E-state index contributed by atoms with van der Waals surface area (Å²) in [5.74, 6) is 1.26. The molecule has 1 aliphatic carbocycles. The van der Waals surface area contributed by atoms with Crippen LogP contribution in [0.2, 0.25) is 0 Å². The molecular weight excluding hydrogens is 282 g/mol. The zero-order valence-electron chi connectivity index (χ0n) is 14.6. The zero-order chi connectivity index (χ0) is 16.1. The summed E-state index contributed by atoms with van der Waals surface area (Å²) < 4.78 is 2.53. The molecule has 0 radical (unpaired) electrons. The van der Waals surface area contributed by atoms with Crippen LogP contribution in [0.25, 0.3) is 0 Å². The number of hydrogen-bond acceptors (Lipinski definition) is 2. The van der Waals surface area contributed by atoms with Crippen molar-refractivity contribution in [2.45, 2.75) is 52.5 Å². The van der Waals surface area contributed by atoms with Crippen molar-refractivity contribution in [2.24, 2.45) is 0 Å². The van der Waals surface area contributed by atoms with Crippen molar-refractivity contribution in [3.8, 4) is 0 Å². The highest BCUT2D eigenvalue weighted by atomic mass is 15.2. The lowest BCUT2D eigenvalue weighted by atomic mass is 10.0. The minimum Gasteiger partial charge on any atom is -0.330 e. The van der Waals surface area contributed by atoms with Gasteiger partial charge in [0.15, 0.2) is 0 Å². The van der Waals surface area contributed by atoms with Gasteiger partial charge in [0.2, 0.25) is 0 Å². The first-order valence-corrected chi connectivity index (χ1v) is 9.15. The number of rotatable bonds is 7. The molecule has 1 aromatic heterocycles. The minimum absolute atomic E-state index is 0.950. The van der Waals surface area contributed by atoms with Crippen molar-refractivity contribution in [2.75, 3.05) is 19.6 Å². The number of benzene rings is 1. The van der Waals surface area contributed by atoms with Crippen molar-refractivity contribution >= 4 is 0 Å². The fraction of sp³-hybridized carbons (Fsp3) is 0.550. The van der Waals surface area contributed by atoms with Gasteiger partial charge < -0.3 is 9.47 Å². The van der Waals surface area contributed by atoms with Gasteiger partial charge in [0.05, 0.1) is 5.69 Å². The van der Waals surface area contributed by atoms with Crippen LogP contribution in [0.15, 0.2) is 30.3 Å². The minimum atomic E-state index is 0.950. The van der Waals surface area contributed by atoms with Gasteiger partial charge in [-0.2, -0.15) is 0 Å². The fourth-order valence-electron chi connectivity index (χ4n) is 3.62. The Labute approximate surface area is 140 Å². The second-order valence-electron chi connectivity index (χ2n) is 6.47. The first-order chi connectivity index (χ1) is 11.3. The summed E-state index contributed by atoms with van der Waals surface area (Å²) in [6.07, 6.45) is 5.93. The van der Waals surface area contributed by atoms with Crippen molar-refractivity contribution in [3.05, 3.63) is 53.1 Å². The molecule has 3 heteroatoms. The van der Waals surface area contributed by atoms with E-state index >= 15 is 0 Å². The molecule has 0 fully saturated rings. The molecule has 1 aliphatic rings. The SMILES string of the molecule is CCN(CC)CCn1c(Cc2ccccc2)nc2c1CCCC2. The number of imidazole rings is 1. The summed E-state index contributed by atoms with van der Waals surface area (Å²) >= 11 is 0. The van der Waals surface area contributed by atoms with Crippen LogP contribution in [-0.2, 0) is 25.8 Å². The third-order valence-electron chi connectivity index (χ3n) is 5.05. The predicted molar refractivity (Wildman–Crippen MR) is 95.9 cm³/mol. The number of hydrogen-bond donors (Lipinski definition) is 0. The second-order valence-corrected chi connectivity index (χ2v) is 6.47. The fourth-order valence-corrected chi connectivity index (χ4v) is 3.62. The molecule has 3 rings (SSSR count). The van der Waals surface area contributed by atoms with Crippen molar-refractivity contribution in [3.63, 3.8) is 0 Å². The summed E-state index contributed by atoms with van der Waals surface area (Å²) in [7, 11) is 0. The second kappa shape index (κ2) is 7.78. The third kappa shape index (κ3) is 3.84. The predicted octanol–water partition coefficient (Wildman–Crippen LogP) is 3.69. The van der Waals surface area contributed by atoms with E-state index in [0.717, 1.165) is 39.0 Å². The Balaban J connectivity index is 1.84. The molecule has 0 amide bonds. The lowest BCUT2D eigenvalue weighted by Crippen LogP contribution is -2.28. The van der Waals surface area contributed by atoms with Crippen LogP contribution in [0, 0.1) is 0 Å². The largest absolute Gasteiger partial charge is 0.330 e. The number of nitrogens with zero attached hydrogens (tertiary/aromatic N) is 3. The van der Waals surface area contributed by atoms with E-state index in [1.54, 1.807) is 0 Å². The first kappa shape index (κ1) is 16.3. The highest BCUT2D eigenvalue weighted by Crippen LogP contribution is 2.23. The summed E-state index contributed by atoms with van der Waals surface area (Å²) in [5, 5.41) is 0. The highest BCUT2D eigenvalue weighted by Gasteiger charge is 2.20. The Bertz CT molecular complexity index is 611. The summed E-state index contributed by atoms with van der Waals surface area (Å²) in [4.78, 5) is 7.52. The van der Waals surface area contributed by atoms with Gasteiger partial charge in [0.1, 0.15) is 5.82 Å². The molecule has 0 N–H and O–H groups in total. The molecule has 0 aliphatic heterocycles. The molecule has 0 unspecified atom stereocenters. The van der Waals surface area contributed by atoms with Crippen LogP contribution >= 0.6 is 0 Å². The van der Waals surface area contributed by atoms with E-state index < -0.39 is 0 Å². The van der Waals surface area contributed by atoms with Gasteiger partial charge in [0, 0.05) is 25.2 Å². The van der Waals surface area contributed by atoms with Crippen LogP contribution in [0.3, 0.4) is 0 Å². The molecule has 124 valence electrons. The molecule has 0 saturated carbocycles. The maximum absolute atomic E-state index is 5.02. The Morgan fingerprint density at radius 1 is 1.04 bits per heavy atom. The molecule has 0 bridgehead atoms. The Morgan fingerprint density at radius 2 is 1.78 bits per heavy atom. The lowest BCUT2D eigenvalue weighted by Gasteiger charge is -2.21. The average Bonchev–Trinajstić information content (AvgIpc) is 2.94. The van der Waals surface area contributed by atoms with Crippen LogP contribution in [-0.4, -0.2) is 34.1 Å². The third-order valence-corrected chi connectivity index (χ3v) is 5.05. The summed E-state index contributed by atoms with van der Waals surface area (Å²) in [6, 6.07) is 10.8. The summed E-state index contributed by atoms with van der Waals surface area (Å²) in [5.41, 5.74) is 4.23. The van der Waals surface area contributed by atoms with Crippen molar-refractivity contribution in [1.29, 1.82) is 0 Å². The van der Waals surface area contributed by atoms with Gasteiger partial charge >= 0.3 is 0 Å². The van der Waals surface area contributed by atoms with Gasteiger partial charge in [-0.25, -0.2) is 4.98 Å². The average molecular weight is 311 g/mol. The highest BCUT2D eigenvalue weighted by molar-refractivity contribution is 5.25. The van der Waals surface area contributed by atoms with Crippen molar-refractivity contribution < 1.29 is 0 Å². The number of likely N-dealkylation sites (N-methyl/N-ethyl adjacent to an activating group) is 1. The smallest absolute Gasteiger partial charge is 0.113 e. The Kier molecular flexibility index (Phi) is 5.50. The summed E-state index contributed by atoms with van der Waals surface area (Å²) in [6.45, 7) is 8.95. The maximum atomic E-state index is 5.02. The lowest BCUT2D eigenvalue weighted by molar-refractivity contribution is 0.287. The monoisotopic (exact) mass is 311 g/mol. The molecule has 0 saturated heterocycles. The topological polar surface area (TPSA) is 21.1 Å². The van der Waals surface area contributed by atoms with E-state index in [2.05, 4.69) is 53.6 Å². The van der Waals surface area contributed by atoms with Crippen LogP contribution in [0.4, 0.5) is 0 Å². The van der Waals surface area contributed by atoms with E-state index in [1.807, 2.05) is 0 Å². The molecule has 0 atom stereocenters. The number of aromatic nitrogens is 2. The number of fused-ring (bicyclic) bond motifs is 1. The Hall–Kier alpha value is -1.61. The maximum Gasteiger partial charge on any atom is 0.113 e. The van der Waals surface area contributed by atoms with Crippen LogP contribution in [0.5, 0.6) is 0 Å². The molecule has 3 nitrogen and oxygen atoms in total. The molecule has 23 heavy (non-hydrogen) atoms. The van der Waals surface area contributed by atoms with E-state index in [9.17, 15) is 0 Å². The number of aryl methyl sites for hydroxylation is 1. The Morgan fingerprint density at radius 3 is 2.52 bits per heavy atom. The van der Waals surface area contributed by atoms with E-state index in [0.29, 0.717) is 0 Å². The van der Waals surface area contributed by atoms with Gasteiger partial charge in [-0.15, -0.1) is 0 Å². The van der Waals surface area contributed by atoms with Gasteiger partial charge in [0.25, 0.3) is 0 Å². The van der Waals surface area contributed by atoms with Crippen LogP contribution in [0.1, 0.15) is 49.5 Å². The van der Waals surface area contributed by atoms with Gasteiger partial charge in [-0.3, -0.25) is 0 Å². The molecular formula is C20H29N3. The van der Waals surface area contributed by atoms with E-state index in [1.165, 1.54) is 42.0 Å². The molecule has 2 aromatic rings. The van der Waals surface area contributed by atoms with E-state index in [4.69, 9.17) is 4.98 Å². The normalized spacial score (nSPS) is 14.2. The zero-order valence-corrected chi connectivity index (χ0v) is 14.6. The van der Waals surface area contributed by atoms with Crippen molar-refractivity contribution in [1.82, 2.24) is 14.5 Å². The molecule has 1 aromatic carbocycles. The van der Waals surface area contributed by atoms with Crippen LogP contribution < -0.4 is 0 Å². The van der Waals surface area contributed by atoms with Gasteiger partial charge in [-0.05, 0) is 44.3 Å². The first-order valence-electron chi connectivity index (χ1n) is 9.15. The van der Waals surface area contributed by atoms with E-state index in [-0.39, 0.29) is 0 Å². The standard InChI is InChI=1S/C20H29N3/c1-3-22(4-2)14-15-23-19-13-9-8-12-18(19)21-20(23)16-17-10-6-5-7-11-17/h5-7,10-11H,3-4,8-9,12-16H2,1-2H3.